The Morgan fingerprint density at radius 3 is 3.23 bits per heavy atom. The Balaban J connectivity index is 2.42. The van der Waals surface area contributed by atoms with Crippen molar-refractivity contribution in [3.05, 3.63) is 22.3 Å². The van der Waals surface area contributed by atoms with Crippen molar-refractivity contribution in [3.63, 3.8) is 0 Å². The number of amides is 2. The Labute approximate surface area is 84.1 Å². The Morgan fingerprint density at radius 2 is 2.46 bits per heavy atom. The van der Waals surface area contributed by atoms with Crippen molar-refractivity contribution in [3.8, 4) is 0 Å². The lowest BCUT2D eigenvalue weighted by atomic mass is 10.2. The number of anilines is 1. The summed E-state index contributed by atoms with van der Waals surface area (Å²) in [7, 11) is 1.75. The normalized spacial score (nSPS) is 15.2. The van der Waals surface area contributed by atoms with Crippen LogP contribution in [0.5, 0.6) is 0 Å². The summed E-state index contributed by atoms with van der Waals surface area (Å²) >= 11 is 3.33. The first kappa shape index (κ1) is 8.50. The second-order valence-electron chi connectivity index (χ2n) is 2.95. The van der Waals surface area contributed by atoms with Gasteiger partial charge in [-0.3, -0.25) is 5.32 Å². The van der Waals surface area contributed by atoms with Crippen LogP contribution in [0.15, 0.2) is 16.7 Å². The lowest BCUT2D eigenvalue weighted by molar-refractivity contribution is 0.218. The van der Waals surface area contributed by atoms with Crippen molar-refractivity contribution in [2.75, 3.05) is 12.4 Å². The number of halogens is 1. The number of carbonyl (C=O) groups excluding carboxylic acids is 1. The van der Waals surface area contributed by atoms with Crippen LogP contribution in [0, 0.1) is 0 Å². The van der Waals surface area contributed by atoms with Crippen molar-refractivity contribution in [2.45, 2.75) is 6.54 Å². The molecule has 0 saturated carbocycles. The smallest absolute Gasteiger partial charge is 0.323 e. The van der Waals surface area contributed by atoms with E-state index in [2.05, 4.69) is 26.2 Å². The molecule has 2 heterocycles. The third-order valence-electron chi connectivity index (χ3n) is 1.91. The molecule has 1 N–H and O–H groups in total. The molecule has 2 amide bonds. The highest BCUT2D eigenvalue weighted by atomic mass is 79.9. The lowest BCUT2D eigenvalue weighted by Gasteiger charge is -2.24. The molecule has 0 fully saturated rings. The van der Waals surface area contributed by atoms with Gasteiger partial charge >= 0.3 is 6.03 Å². The van der Waals surface area contributed by atoms with E-state index < -0.39 is 0 Å². The zero-order chi connectivity index (χ0) is 9.42. The summed E-state index contributed by atoms with van der Waals surface area (Å²) in [4.78, 5) is 16.9. The Morgan fingerprint density at radius 1 is 1.69 bits per heavy atom. The lowest BCUT2D eigenvalue weighted by Crippen LogP contribution is -2.35. The fourth-order valence-electron chi connectivity index (χ4n) is 1.24. The van der Waals surface area contributed by atoms with Crippen molar-refractivity contribution in [2.24, 2.45) is 0 Å². The second kappa shape index (κ2) is 2.99. The van der Waals surface area contributed by atoms with Crippen LogP contribution in [0.2, 0.25) is 0 Å². The monoisotopic (exact) mass is 241 g/mol. The number of aromatic nitrogens is 1. The third-order valence-corrected chi connectivity index (χ3v) is 2.35. The van der Waals surface area contributed by atoms with E-state index in [0.717, 1.165) is 10.0 Å². The first-order valence-electron chi connectivity index (χ1n) is 3.83. The minimum atomic E-state index is -0.109. The molecule has 2 rings (SSSR count). The molecule has 1 aromatic heterocycles. The first-order chi connectivity index (χ1) is 6.16. The fraction of sp³-hybridized carbons (Fsp3) is 0.250. The van der Waals surface area contributed by atoms with Gasteiger partial charge in [0.15, 0.2) is 0 Å². The molecule has 4 nitrogen and oxygen atoms in total. The predicted molar refractivity (Wildman–Crippen MR) is 52.4 cm³/mol. The van der Waals surface area contributed by atoms with Crippen LogP contribution in [0.3, 0.4) is 0 Å². The van der Waals surface area contributed by atoms with Crippen LogP contribution in [-0.2, 0) is 6.54 Å². The van der Waals surface area contributed by atoms with Gasteiger partial charge in [0.2, 0.25) is 0 Å². The number of rotatable bonds is 0. The number of carbonyl (C=O) groups is 1. The van der Waals surface area contributed by atoms with Crippen LogP contribution < -0.4 is 5.32 Å². The molecule has 1 aromatic rings. The highest BCUT2D eigenvalue weighted by molar-refractivity contribution is 9.10. The van der Waals surface area contributed by atoms with E-state index in [0.29, 0.717) is 12.4 Å². The summed E-state index contributed by atoms with van der Waals surface area (Å²) in [6.07, 6.45) is 1.67. The van der Waals surface area contributed by atoms with Gasteiger partial charge in [0.1, 0.15) is 5.82 Å². The number of urea groups is 1. The Hall–Kier alpha value is -1.10. The SMILES string of the molecule is CN1Cc2cc(Br)cnc2NC1=O. The summed E-state index contributed by atoms with van der Waals surface area (Å²) in [6.45, 7) is 0.605. The van der Waals surface area contributed by atoms with Gasteiger partial charge in [0.05, 0.1) is 6.54 Å². The molecular weight excluding hydrogens is 234 g/mol. The van der Waals surface area contributed by atoms with Gasteiger partial charge in [0, 0.05) is 23.3 Å². The van der Waals surface area contributed by atoms with Crippen molar-refractivity contribution < 1.29 is 4.79 Å². The number of nitrogens with zero attached hydrogens (tertiary/aromatic N) is 2. The average molecular weight is 242 g/mol. The van der Waals surface area contributed by atoms with E-state index >= 15 is 0 Å². The molecule has 0 aromatic carbocycles. The zero-order valence-electron chi connectivity index (χ0n) is 7.04. The van der Waals surface area contributed by atoms with Gasteiger partial charge in [0.25, 0.3) is 0 Å². The van der Waals surface area contributed by atoms with Gasteiger partial charge in [-0.2, -0.15) is 0 Å². The molecule has 0 radical (unpaired) electrons. The van der Waals surface area contributed by atoms with Crippen molar-refractivity contribution in [1.29, 1.82) is 0 Å². The van der Waals surface area contributed by atoms with Gasteiger partial charge in [-0.15, -0.1) is 0 Å². The molecule has 1 aliphatic heterocycles. The average Bonchev–Trinajstić information content (AvgIpc) is 2.08. The maximum absolute atomic E-state index is 11.2. The minimum Gasteiger partial charge on any atom is -0.323 e. The van der Waals surface area contributed by atoms with Gasteiger partial charge in [-0.25, -0.2) is 9.78 Å². The molecule has 5 heteroatoms. The Bertz CT molecular complexity index is 366. The molecule has 0 bridgehead atoms. The molecular formula is C8H8BrN3O. The molecule has 1 aliphatic rings. The summed E-state index contributed by atoms with van der Waals surface area (Å²) in [5.74, 6) is 0.659. The zero-order valence-corrected chi connectivity index (χ0v) is 8.63. The second-order valence-corrected chi connectivity index (χ2v) is 3.86. The number of fused-ring (bicyclic) bond motifs is 1. The van der Waals surface area contributed by atoms with E-state index in [4.69, 9.17) is 0 Å². The van der Waals surface area contributed by atoms with Crippen molar-refractivity contribution in [1.82, 2.24) is 9.88 Å². The molecule has 0 atom stereocenters. The molecule has 0 aliphatic carbocycles. The van der Waals surface area contributed by atoms with Gasteiger partial charge < -0.3 is 4.90 Å². The van der Waals surface area contributed by atoms with Crippen molar-refractivity contribution >= 4 is 27.8 Å². The van der Waals surface area contributed by atoms with E-state index in [1.807, 2.05) is 6.07 Å². The van der Waals surface area contributed by atoms with Crippen LogP contribution in [0.4, 0.5) is 10.6 Å². The van der Waals surface area contributed by atoms with E-state index in [1.54, 1.807) is 18.1 Å². The highest BCUT2D eigenvalue weighted by Crippen LogP contribution is 2.22. The van der Waals surface area contributed by atoms with Crippen LogP contribution in [0.1, 0.15) is 5.56 Å². The Kier molecular flexibility index (Phi) is 1.95. The standard InChI is InChI=1S/C8H8BrN3O/c1-12-4-5-2-6(9)3-10-7(5)11-8(12)13/h2-3H,4H2,1H3,(H,10,11,13). The third kappa shape index (κ3) is 1.51. The van der Waals surface area contributed by atoms with E-state index in [9.17, 15) is 4.79 Å². The van der Waals surface area contributed by atoms with Crippen LogP contribution in [-0.4, -0.2) is 23.0 Å². The summed E-state index contributed by atoms with van der Waals surface area (Å²) in [5, 5.41) is 2.69. The summed E-state index contributed by atoms with van der Waals surface area (Å²) in [5.41, 5.74) is 1.02. The van der Waals surface area contributed by atoms with Crippen LogP contribution in [0.25, 0.3) is 0 Å². The van der Waals surface area contributed by atoms with Crippen LogP contribution >= 0.6 is 15.9 Å². The quantitative estimate of drug-likeness (QED) is 0.754. The van der Waals surface area contributed by atoms with Gasteiger partial charge in [-0.1, -0.05) is 0 Å². The minimum absolute atomic E-state index is 0.109. The number of hydrogen-bond acceptors (Lipinski definition) is 2. The largest absolute Gasteiger partial charge is 0.323 e. The molecule has 68 valence electrons. The maximum atomic E-state index is 11.2. The topological polar surface area (TPSA) is 45.2 Å². The summed E-state index contributed by atoms with van der Waals surface area (Å²) in [6, 6.07) is 1.85. The fourth-order valence-corrected chi connectivity index (χ4v) is 1.62. The summed E-state index contributed by atoms with van der Waals surface area (Å²) < 4.78 is 0.927. The number of hydrogen-bond donors (Lipinski definition) is 1. The predicted octanol–water partition coefficient (Wildman–Crippen LogP) is 1.82. The number of nitrogens with one attached hydrogen (secondary N) is 1. The van der Waals surface area contributed by atoms with E-state index in [-0.39, 0.29) is 6.03 Å². The highest BCUT2D eigenvalue weighted by Gasteiger charge is 2.19. The molecule has 13 heavy (non-hydrogen) atoms. The molecule has 0 saturated heterocycles. The molecule has 0 unspecified atom stereocenters. The van der Waals surface area contributed by atoms with E-state index in [1.165, 1.54) is 0 Å². The molecule has 0 spiro atoms. The maximum Gasteiger partial charge on any atom is 0.323 e. The first-order valence-corrected chi connectivity index (χ1v) is 4.62. The number of pyridine rings is 1. The van der Waals surface area contributed by atoms with Gasteiger partial charge in [-0.05, 0) is 22.0 Å².